The van der Waals surface area contributed by atoms with Gasteiger partial charge in [-0.3, -0.25) is 4.79 Å². The lowest BCUT2D eigenvalue weighted by atomic mass is 10.2. The molecule has 5 rings (SSSR count). The molecule has 10 nitrogen and oxygen atoms in total. The number of fused-ring (bicyclic) bond motifs is 2. The SMILES string of the molecule is [2H]c1c(OC)c(OC)c([2H])c2c(N)nc(N3CC([2H])([2H])N(C(=O)C4([2H])Oc5ccccc5OC4([2H])[2H])C([2H])([2H])C3)nc12. The van der Waals surface area contributed by atoms with Gasteiger partial charge in [-0.05, 0) is 18.2 Å². The van der Waals surface area contributed by atoms with Crippen LogP contribution >= 0.6 is 0 Å². The van der Waals surface area contributed by atoms with Crippen molar-refractivity contribution in [1.29, 1.82) is 0 Å². The van der Waals surface area contributed by atoms with Crippen molar-refractivity contribution in [3.63, 3.8) is 0 Å². The summed E-state index contributed by atoms with van der Waals surface area (Å²) < 4.78 is 97.6. The Labute approximate surface area is 203 Å². The van der Waals surface area contributed by atoms with E-state index >= 15 is 0 Å². The fourth-order valence-electron chi connectivity index (χ4n) is 3.19. The van der Waals surface area contributed by atoms with Gasteiger partial charge in [-0.15, -0.1) is 0 Å². The van der Waals surface area contributed by atoms with E-state index < -0.39 is 44.6 Å². The highest BCUT2D eigenvalue weighted by Gasteiger charge is 2.33. The van der Waals surface area contributed by atoms with E-state index in [9.17, 15) is 4.79 Å². The van der Waals surface area contributed by atoms with Crippen LogP contribution in [0, 0.1) is 0 Å². The number of anilines is 2. The first-order valence-electron chi connectivity index (χ1n) is 14.2. The normalized spacial score (nSPS) is 28.5. The molecule has 0 bridgehead atoms. The molecule has 3 heterocycles. The highest BCUT2D eigenvalue weighted by Crippen LogP contribution is 2.34. The highest BCUT2D eigenvalue weighted by atomic mass is 16.6. The molecule has 1 fully saturated rings. The Hall–Kier alpha value is -3.95. The van der Waals surface area contributed by atoms with E-state index in [0.29, 0.717) is 0 Å². The van der Waals surface area contributed by atoms with E-state index in [1.807, 2.05) is 0 Å². The van der Waals surface area contributed by atoms with Gasteiger partial charge < -0.3 is 34.5 Å². The van der Waals surface area contributed by atoms with Crippen molar-refractivity contribution in [1.82, 2.24) is 14.9 Å². The summed E-state index contributed by atoms with van der Waals surface area (Å²) in [6, 6.07) is 5.16. The number of nitrogen functional groups attached to an aromatic ring is 1. The van der Waals surface area contributed by atoms with Crippen LogP contribution in [-0.4, -0.2) is 73.7 Å². The number of ether oxygens (including phenoxy) is 4. The maximum absolute atomic E-state index is 13.7. The minimum atomic E-state index is -3.21. The molecule has 172 valence electrons. The number of hydrogen-bond donors (Lipinski definition) is 1. The standard InChI is InChI=1S/C23H25N5O5/c1-30-18-11-14-15(12-19(18)31-2)25-23(26-21(14)24)28-9-7-27(8-10-28)22(29)20-13-32-16-5-3-4-6-17(16)33-20/h3-6,11-12,20H,7-10,13H2,1-2H3,(H2,24,25,26)/i7D2,8D2,11D,12D,13D2,20D. The summed E-state index contributed by atoms with van der Waals surface area (Å²) in [5, 5.41) is -0.0330. The quantitative estimate of drug-likeness (QED) is 0.622. The Kier molecular flexibility index (Phi) is 3.34. The summed E-state index contributed by atoms with van der Waals surface area (Å²) in [7, 11) is 2.56. The van der Waals surface area contributed by atoms with Crippen LogP contribution in [0.2, 0.25) is 0 Å². The van der Waals surface area contributed by atoms with E-state index in [-0.39, 0.29) is 62.7 Å². The first-order valence-corrected chi connectivity index (χ1v) is 9.74. The second-order valence-electron chi connectivity index (χ2n) is 6.84. The lowest BCUT2D eigenvalue weighted by Crippen LogP contribution is -2.54. The zero-order valence-corrected chi connectivity index (χ0v) is 17.6. The monoisotopic (exact) mass is 460 g/mol. The van der Waals surface area contributed by atoms with Crippen LogP contribution < -0.4 is 29.6 Å². The molecular weight excluding hydrogens is 426 g/mol. The Morgan fingerprint density at radius 3 is 2.61 bits per heavy atom. The molecule has 1 unspecified atom stereocenters. The predicted molar refractivity (Wildman–Crippen MR) is 122 cm³/mol. The smallest absolute Gasteiger partial charge is 0.267 e. The Balaban J connectivity index is 1.54. The molecule has 1 saturated heterocycles. The molecule has 2 N–H and O–H groups in total. The third kappa shape index (κ3) is 3.88. The maximum atomic E-state index is 13.7. The van der Waals surface area contributed by atoms with Gasteiger partial charge in [0.15, 0.2) is 23.0 Å². The second kappa shape index (κ2) is 8.53. The van der Waals surface area contributed by atoms with Crippen molar-refractivity contribution < 1.29 is 36.1 Å². The van der Waals surface area contributed by atoms with Gasteiger partial charge in [-0.2, -0.15) is 4.98 Å². The second-order valence-corrected chi connectivity index (χ2v) is 6.84. The molecule has 0 spiro atoms. The van der Waals surface area contributed by atoms with Crippen LogP contribution in [0.15, 0.2) is 36.4 Å². The molecule has 0 saturated carbocycles. The summed E-state index contributed by atoms with van der Waals surface area (Å²) in [4.78, 5) is 23.3. The van der Waals surface area contributed by atoms with E-state index in [1.54, 1.807) is 0 Å². The van der Waals surface area contributed by atoms with Crippen LogP contribution in [0.3, 0.4) is 0 Å². The first kappa shape index (κ1) is 12.9. The molecule has 2 aromatic carbocycles. The molecule has 0 aliphatic carbocycles. The van der Waals surface area contributed by atoms with Crippen molar-refractivity contribution in [2.45, 2.75) is 6.08 Å². The number of benzene rings is 2. The van der Waals surface area contributed by atoms with Crippen LogP contribution in [-0.2, 0) is 4.79 Å². The van der Waals surface area contributed by atoms with Gasteiger partial charge >= 0.3 is 0 Å². The van der Waals surface area contributed by atoms with Crippen LogP contribution in [0.1, 0.15) is 12.3 Å². The fourth-order valence-corrected chi connectivity index (χ4v) is 3.19. The summed E-state index contributed by atoms with van der Waals surface area (Å²) in [6.45, 7) is -10.4. The van der Waals surface area contributed by atoms with Crippen molar-refractivity contribution >= 4 is 28.6 Å². The van der Waals surface area contributed by atoms with E-state index in [1.165, 1.54) is 38.5 Å². The van der Waals surface area contributed by atoms with Gasteiger partial charge in [0, 0.05) is 37.5 Å². The van der Waals surface area contributed by atoms with E-state index in [4.69, 9.17) is 37.0 Å². The Morgan fingerprint density at radius 2 is 1.88 bits per heavy atom. The number of hydrogen-bond acceptors (Lipinski definition) is 9. The van der Waals surface area contributed by atoms with Gasteiger partial charge in [0.2, 0.25) is 12.0 Å². The van der Waals surface area contributed by atoms with E-state index in [0.717, 1.165) is 4.90 Å². The lowest BCUT2D eigenvalue weighted by Gasteiger charge is -2.37. The maximum Gasteiger partial charge on any atom is 0.267 e. The molecule has 1 atom stereocenters. The van der Waals surface area contributed by atoms with Gasteiger partial charge in [0.25, 0.3) is 5.91 Å². The minimum absolute atomic E-state index is 0.0330. The topological polar surface area (TPSA) is 112 Å². The predicted octanol–water partition coefficient (Wildman–Crippen LogP) is 1.72. The van der Waals surface area contributed by atoms with Crippen LogP contribution in [0.4, 0.5) is 11.8 Å². The minimum Gasteiger partial charge on any atom is -0.493 e. The zero-order valence-electron chi connectivity index (χ0n) is 26.6. The number of carbonyl (C=O) groups is 1. The van der Waals surface area contributed by atoms with Crippen molar-refractivity contribution in [3.8, 4) is 23.0 Å². The summed E-state index contributed by atoms with van der Waals surface area (Å²) in [5.41, 5.74) is 5.98. The third-order valence-electron chi connectivity index (χ3n) is 4.84. The number of amides is 1. The van der Waals surface area contributed by atoms with Gasteiger partial charge in [0.05, 0.1) is 32.1 Å². The molecule has 0 radical (unpaired) electrons. The fraction of sp³-hybridized carbons (Fsp3) is 0.348. The van der Waals surface area contributed by atoms with Crippen LogP contribution in [0.25, 0.3) is 10.9 Å². The zero-order chi connectivity index (χ0) is 31.0. The highest BCUT2D eigenvalue weighted by molar-refractivity contribution is 5.91. The van der Waals surface area contributed by atoms with Gasteiger partial charge in [0.1, 0.15) is 12.4 Å². The number of carbonyl (C=O) groups excluding carboxylic acids is 1. The molecule has 2 aliphatic rings. The van der Waals surface area contributed by atoms with Crippen molar-refractivity contribution in [2.24, 2.45) is 0 Å². The number of nitrogens with two attached hydrogens (primary N) is 1. The lowest BCUT2D eigenvalue weighted by molar-refractivity contribution is -0.141. The van der Waals surface area contributed by atoms with Crippen molar-refractivity contribution in [3.05, 3.63) is 36.4 Å². The molecule has 3 aromatic rings. The number of methoxy groups -OCH3 is 2. The third-order valence-corrected chi connectivity index (χ3v) is 4.84. The summed E-state index contributed by atoms with van der Waals surface area (Å²) >= 11 is 0. The average molecular weight is 461 g/mol. The Bertz CT molecular complexity index is 1590. The van der Waals surface area contributed by atoms with Crippen molar-refractivity contribution in [2.75, 3.05) is 57.5 Å². The van der Waals surface area contributed by atoms with Gasteiger partial charge in [-0.1, -0.05) is 12.1 Å². The largest absolute Gasteiger partial charge is 0.493 e. The molecule has 1 aromatic heterocycles. The number of aromatic nitrogens is 2. The molecule has 2 aliphatic heterocycles. The summed E-state index contributed by atoms with van der Waals surface area (Å²) in [6.07, 6.45) is -3.21. The molecule has 33 heavy (non-hydrogen) atoms. The van der Waals surface area contributed by atoms with Crippen LogP contribution in [0.5, 0.6) is 23.0 Å². The molecule has 10 heteroatoms. The van der Waals surface area contributed by atoms with E-state index in [2.05, 4.69) is 9.97 Å². The Morgan fingerprint density at radius 1 is 1.18 bits per heavy atom. The number of piperazine rings is 1. The first-order chi connectivity index (χ1) is 19.5. The number of rotatable bonds is 4. The average Bonchev–Trinajstić information content (AvgIpc) is 2.88. The number of nitrogens with zero attached hydrogens (tertiary/aromatic N) is 4. The summed E-state index contributed by atoms with van der Waals surface area (Å²) in [5.74, 6) is -2.63. The molecule has 1 amide bonds. The van der Waals surface area contributed by atoms with Gasteiger partial charge in [-0.25, -0.2) is 4.98 Å². The number of para-hydroxylation sites is 2. The molecular formula is C23H25N5O5.